The van der Waals surface area contributed by atoms with E-state index in [1.807, 2.05) is 6.92 Å². The molecule has 2 atom stereocenters. The second-order valence-corrected chi connectivity index (χ2v) is 2.91. The molecule has 0 aromatic rings. The first-order valence-electron chi connectivity index (χ1n) is 4.10. The van der Waals surface area contributed by atoms with E-state index in [9.17, 15) is 4.79 Å². The van der Waals surface area contributed by atoms with Crippen LogP contribution in [0.25, 0.3) is 0 Å². The number of hydrogen-bond donors (Lipinski definition) is 2. The molecule has 1 rings (SSSR count). The van der Waals surface area contributed by atoms with Crippen LogP contribution in [-0.4, -0.2) is 18.0 Å². The van der Waals surface area contributed by atoms with Gasteiger partial charge in [0, 0.05) is 6.42 Å². The van der Waals surface area contributed by atoms with Crippen molar-refractivity contribution < 1.29 is 4.79 Å². The molecule has 0 aromatic carbocycles. The maximum atomic E-state index is 11.2. The quantitative estimate of drug-likeness (QED) is 0.599. The third-order valence-electron chi connectivity index (χ3n) is 1.98. The van der Waals surface area contributed by atoms with Crippen molar-refractivity contribution in [3.63, 3.8) is 0 Å². The van der Waals surface area contributed by atoms with Crippen LogP contribution in [0.1, 0.15) is 26.2 Å². The van der Waals surface area contributed by atoms with Crippen LogP contribution in [0.15, 0.2) is 0 Å². The van der Waals surface area contributed by atoms with E-state index in [0.29, 0.717) is 6.42 Å². The zero-order valence-corrected chi connectivity index (χ0v) is 6.84. The molecule has 63 valence electrons. The van der Waals surface area contributed by atoms with Gasteiger partial charge >= 0.3 is 0 Å². The van der Waals surface area contributed by atoms with Gasteiger partial charge in [0.2, 0.25) is 0 Å². The minimum absolute atomic E-state index is 0.0238. The molecule has 0 spiro atoms. The van der Waals surface area contributed by atoms with Gasteiger partial charge < -0.3 is 5.73 Å². The predicted octanol–water partition coefficient (Wildman–Crippen LogP) is 0.207. The molecule has 3 nitrogen and oxygen atoms in total. The van der Waals surface area contributed by atoms with E-state index in [2.05, 4.69) is 11.7 Å². The van der Waals surface area contributed by atoms with Gasteiger partial charge in [-0.2, -0.15) is 0 Å². The maximum Gasteiger partial charge on any atom is 0.149 e. The summed E-state index contributed by atoms with van der Waals surface area (Å²) in [5.74, 6) is 0.261. The lowest BCUT2D eigenvalue weighted by molar-refractivity contribution is -0.121. The molecule has 0 bridgehead atoms. The Morgan fingerprint density at radius 3 is 3.00 bits per heavy atom. The van der Waals surface area contributed by atoms with Gasteiger partial charge in [0.1, 0.15) is 5.78 Å². The molecule has 1 fully saturated rings. The molecular weight excluding hydrogens is 140 g/mol. The molecule has 1 aliphatic rings. The van der Waals surface area contributed by atoms with Crippen molar-refractivity contribution in [2.45, 2.75) is 38.4 Å². The number of nitrogens with two attached hydrogens (primary N) is 1. The van der Waals surface area contributed by atoms with Crippen molar-refractivity contribution in [2.75, 3.05) is 0 Å². The molecule has 0 aromatic heterocycles. The predicted molar refractivity (Wildman–Crippen MR) is 43.7 cm³/mol. The van der Waals surface area contributed by atoms with E-state index in [0.717, 1.165) is 12.8 Å². The van der Waals surface area contributed by atoms with Crippen molar-refractivity contribution in [3.8, 4) is 0 Å². The molecule has 1 heterocycles. The monoisotopic (exact) mass is 155 g/mol. The number of ketones is 1. The first-order valence-corrected chi connectivity index (χ1v) is 4.10. The summed E-state index contributed by atoms with van der Waals surface area (Å²) >= 11 is 0. The average Bonchev–Trinajstić information content (AvgIpc) is 2.03. The first-order chi connectivity index (χ1) is 5.24. The molecule has 1 saturated heterocycles. The Kier molecular flexibility index (Phi) is 3.02. The molecule has 1 radical (unpaired) electrons. The van der Waals surface area contributed by atoms with Gasteiger partial charge in [-0.05, 0) is 19.3 Å². The SMILES string of the molecule is CCC(=O)C1C[CH]CC(N)N1. The molecule has 11 heavy (non-hydrogen) atoms. The molecule has 0 aliphatic carbocycles. The Hall–Kier alpha value is -0.410. The van der Waals surface area contributed by atoms with E-state index in [4.69, 9.17) is 5.73 Å². The summed E-state index contributed by atoms with van der Waals surface area (Å²) in [5.41, 5.74) is 5.62. The molecule has 3 N–H and O–H groups in total. The third kappa shape index (κ3) is 2.27. The number of carbonyl (C=O) groups is 1. The fraction of sp³-hybridized carbons (Fsp3) is 0.750. The highest BCUT2D eigenvalue weighted by atomic mass is 16.1. The zero-order valence-electron chi connectivity index (χ0n) is 6.84. The number of nitrogens with one attached hydrogen (secondary N) is 1. The van der Waals surface area contributed by atoms with Crippen molar-refractivity contribution in [1.29, 1.82) is 0 Å². The van der Waals surface area contributed by atoms with E-state index < -0.39 is 0 Å². The summed E-state index contributed by atoms with van der Waals surface area (Å²) in [6, 6.07) is -0.0243. The lowest BCUT2D eigenvalue weighted by Crippen LogP contribution is -2.50. The van der Waals surface area contributed by atoms with Crippen LogP contribution in [0, 0.1) is 6.42 Å². The molecular formula is C8H15N2O. The van der Waals surface area contributed by atoms with Crippen LogP contribution in [0.4, 0.5) is 0 Å². The molecule has 2 unspecified atom stereocenters. The van der Waals surface area contributed by atoms with Crippen LogP contribution in [0.3, 0.4) is 0 Å². The summed E-state index contributed by atoms with van der Waals surface area (Å²) in [7, 11) is 0. The van der Waals surface area contributed by atoms with Crippen molar-refractivity contribution in [1.82, 2.24) is 5.32 Å². The minimum Gasteiger partial charge on any atom is -0.316 e. The van der Waals surface area contributed by atoms with Crippen LogP contribution in [0.2, 0.25) is 0 Å². The Balaban J connectivity index is 2.39. The summed E-state index contributed by atoms with van der Waals surface area (Å²) in [5, 5.41) is 3.06. The van der Waals surface area contributed by atoms with E-state index in [-0.39, 0.29) is 18.0 Å². The summed E-state index contributed by atoms with van der Waals surface area (Å²) in [6.45, 7) is 1.88. The third-order valence-corrected chi connectivity index (χ3v) is 1.98. The van der Waals surface area contributed by atoms with Gasteiger partial charge in [-0.3, -0.25) is 10.1 Å². The number of hydrogen-bond acceptors (Lipinski definition) is 3. The number of rotatable bonds is 2. The highest BCUT2D eigenvalue weighted by Gasteiger charge is 2.22. The highest BCUT2D eigenvalue weighted by Crippen LogP contribution is 2.10. The van der Waals surface area contributed by atoms with Gasteiger partial charge in [-0.1, -0.05) is 6.92 Å². The number of piperidine rings is 1. The van der Waals surface area contributed by atoms with Crippen LogP contribution in [0.5, 0.6) is 0 Å². The number of carbonyl (C=O) groups excluding carboxylic acids is 1. The smallest absolute Gasteiger partial charge is 0.149 e. The lowest BCUT2D eigenvalue weighted by atomic mass is 9.98. The van der Waals surface area contributed by atoms with Gasteiger partial charge in [-0.15, -0.1) is 0 Å². The Morgan fingerprint density at radius 1 is 1.73 bits per heavy atom. The van der Waals surface area contributed by atoms with Crippen LogP contribution >= 0.6 is 0 Å². The second-order valence-electron chi connectivity index (χ2n) is 2.91. The van der Waals surface area contributed by atoms with E-state index in [1.54, 1.807) is 0 Å². The molecule has 0 saturated carbocycles. The summed E-state index contributed by atoms with van der Waals surface area (Å²) in [4.78, 5) is 11.2. The maximum absolute atomic E-state index is 11.2. The van der Waals surface area contributed by atoms with E-state index in [1.165, 1.54) is 0 Å². The van der Waals surface area contributed by atoms with E-state index >= 15 is 0 Å². The summed E-state index contributed by atoms with van der Waals surface area (Å²) < 4.78 is 0. The van der Waals surface area contributed by atoms with Crippen LogP contribution in [-0.2, 0) is 4.79 Å². The van der Waals surface area contributed by atoms with Crippen LogP contribution < -0.4 is 11.1 Å². The second kappa shape index (κ2) is 3.83. The van der Waals surface area contributed by atoms with Gasteiger partial charge in [0.05, 0.1) is 12.2 Å². The topological polar surface area (TPSA) is 55.1 Å². The Labute approximate surface area is 67.3 Å². The Bertz CT molecular complexity index is 147. The summed E-state index contributed by atoms with van der Waals surface area (Å²) in [6.07, 6.45) is 4.36. The first kappa shape index (κ1) is 8.68. The van der Waals surface area contributed by atoms with Crippen molar-refractivity contribution in [2.24, 2.45) is 5.73 Å². The molecule has 0 amide bonds. The molecule has 1 aliphatic heterocycles. The van der Waals surface area contributed by atoms with Gasteiger partial charge in [0.15, 0.2) is 0 Å². The molecule has 3 heteroatoms. The number of Topliss-reactive ketones (excluding diaryl/α,β-unsaturated/α-hetero) is 1. The Morgan fingerprint density at radius 2 is 2.45 bits per heavy atom. The minimum atomic E-state index is -0.0243. The zero-order chi connectivity index (χ0) is 8.27. The van der Waals surface area contributed by atoms with Gasteiger partial charge in [-0.25, -0.2) is 0 Å². The lowest BCUT2D eigenvalue weighted by Gasteiger charge is -2.26. The fourth-order valence-electron chi connectivity index (χ4n) is 1.31. The largest absolute Gasteiger partial charge is 0.316 e. The average molecular weight is 155 g/mol. The fourth-order valence-corrected chi connectivity index (χ4v) is 1.31. The normalized spacial score (nSPS) is 31.8. The van der Waals surface area contributed by atoms with Gasteiger partial charge in [0.25, 0.3) is 0 Å². The van der Waals surface area contributed by atoms with Crippen molar-refractivity contribution >= 4 is 5.78 Å². The standard InChI is InChI=1S/C8H15N2O/c1-2-7(11)6-4-3-5-8(9)10-6/h3,6,8,10H,2,4-5,9H2,1H3. The highest BCUT2D eigenvalue weighted by molar-refractivity contribution is 5.83. The van der Waals surface area contributed by atoms with Crippen molar-refractivity contribution in [3.05, 3.63) is 6.42 Å².